The van der Waals surface area contributed by atoms with E-state index in [9.17, 15) is 4.79 Å². The zero-order chi connectivity index (χ0) is 13.9. The molecule has 20 heavy (non-hydrogen) atoms. The van der Waals surface area contributed by atoms with E-state index in [4.69, 9.17) is 4.74 Å². The summed E-state index contributed by atoms with van der Waals surface area (Å²) in [4.78, 5) is 12.1. The van der Waals surface area contributed by atoms with Crippen molar-refractivity contribution in [1.29, 1.82) is 0 Å². The summed E-state index contributed by atoms with van der Waals surface area (Å²) in [7, 11) is 1.84. The molecule has 2 aromatic rings. The molecule has 3 rings (SSSR count). The van der Waals surface area contributed by atoms with Crippen LogP contribution in [0.5, 0.6) is 0 Å². The zero-order valence-corrected chi connectivity index (χ0v) is 11.5. The number of aromatic nitrogens is 3. The Hall–Kier alpha value is -2.08. The molecule has 1 aliphatic heterocycles. The number of hydrogen-bond donors (Lipinski definition) is 1. The Morgan fingerprint density at radius 2 is 2.40 bits per heavy atom. The Kier molecular flexibility index (Phi) is 3.56. The Balaban J connectivity index is 1.68. The van der Waals surface area contributed by atoms with Gasteiger partial charge in [0.15, 0.2) is 0 Å². The largest absolute Gasteiger partial charge is 0.357 e. The lowest BCUT2D eigenvalue weighted by molar-refractivity contribution is -0.0394. The van der Waals surface area contributed by atoms with Crippen molar-refractivity contribution in [3.8, 4) is 0 Å². The maximum Gasteiger partial charge on any atom is 0.272 e. The van der Waals surface area contributed by atoms with Gasteiger partial charge < -0.3 is 14.6 Å². The number of anilines is 1. The summed E-state index contributed by atoms with van der Waals surface area (Å²) in [5.41, 5.74) is 1.30. The van der Waals surface area contributed by atoms with Crippen LogP contribution in [0.25, 0.3) is 0 Å². The summed E-state index contributed by atoms with van der Waals surface area (Å²) >= 11 is 0. The summed E-state index contributed by atoms with van der Waals surface area (Å²) in [5.74, 6) is -0.137. The van der Waals surface area contributed by atoms with Crippen molar-refractivity contribution in [2.75, 3.05) is 11.9 Å². The van der Waals surface area contributed by atoms with E-state index in [1.807, 2.05) is 25.5 Å². The second kappa shape index (κ2) is 5.50. The van der Waals surface area contributed by atoms with Gasteiger partial charge in [0, 0.05) is 19.9 Å². The number of carbonyl (C=O) groups excluding carboxylic acids is 1. The van der Waals surface area contributed by atoms with Gasteiger partial charge in [0.2, 0.25) is 0 Å². The first kappa shape index (κ1) is 12.9. The number of hydrogen-bond acceptors (Lipinski definition) is 3. The van der Waals surface area contributed by atoms with Gasteiger partial charge in [-0.1, -0.05) is 0 Å². The lowest BCUT2D eigenvalue weighted by Crippen LogP contribution is -2.18. The molecule has 1 N–H and O–H groups in total. The van der Waals surface area contributed by atoms with Gasteiger partial charge in [-0.25, -0.2) is 4.68 Å². The molecule has 6 heteroatoms. The summed E-state index contributed by atoms with van der Waals surface area (Å²) < 4.78 is 9.22. The van der Waals surface area contributed by atoms with Crippen LogP contribution in [0.2, 0.25) is 0 Å². The molecule has 0 aromatic carbocycles. The minimum Gasteiger partial charge on any atom is -0.357 e. The van der Waals surface area contributed by atoms with E-state index in [1.54, 1.807) is 21.5 Å². The third-order valence-corrected chi connectivity index (χ3v) is 3.49. The number of carbonyl (C=O) groups is 1. The molecule has 106 valence electrons. The SMILES string of the molecule is Cn1cccc1C(=O)Nc1cnn(C2CCCCO2)c1. The van der Waals surface area contributed by atoms with E-state index < -0.39 is 0 Å². The van der Waals surface area contributed by atoms with Gasteiger partial charge >= 0.3 is 0 Å². The highest BCUT2D eigenvalue weighted by molar-refractivity contribution is 6.03. The number of nitrogens with zero attached hydrogens (tertiary/aromatic N) is 3. The van der Waals surface area contributed by atoms with Crippen molar-refractivity contribution < 1.29 is 9.53 Å². The predicted octanol–water partition coefficient (Wildman–Crippen LogP) is 2.17. The monoisotopic (exact) mass is 274 g/mol. The molecular formula is C14H18N4O2. The Labute approximate surface area is 117 Å². The van der Waals surface area contributed by atoms with E-state index in [1.165, 1.54) is 0 Å². The van der Waals surface area contributed by atoms with Gasteiger partial charge in [0.25, 0.3) is 5.91 Å². The van der Waals surface area contributed by atoms with Gasteiger partial charge in [0.05, 0.1) is 18.1 Å². The lowest BCUT2D eigenvalue weighted by atomic mass is 10.2. The van der Waals surface area contributed by atoms with Gasteiger partial charge in [0.1, 0.15) is 11.9 Å². The summed E-state index contributed by atoms with van der Waals surface area (Å²) in [6, 6.07) is 3.62. The van der Waals surface area contributed by atoms with Crippen molar-refractivity contribution in [2.45, 2.75) is 25.5 Å². The van der Waals surface area contributed by atoms with Crippen molar-refractivity contribution in [3.05, 3.63) is 36.4 Å². The standard InChI is InChI=1S/C14H18N4O2/c1-17-7-4-5-12(17)14(19)16-11-9-15-18(10-11)13-6-2-3-8-20-13/h4-5,7,9-10,13H,2-3,6,8H2,1H3,(H,16,19). The van der Waals surface area contributed by atoms with Crippen LogP contribution in [-0.2, 0) is 11.8 Å². The van der Waals surface area contributed by atoms with Crippen LogP contribution in [0.15, 0.2) is 30.7 Å². The first-order valence-corrected chi connectivity index (χ1v) is 6.82. The van der Waals surface area contributed by atoms with Crippen LogP contribution in [0.3, 0.4) is 0 Å². The predicted molar refractivity (Wildman–Crippen MR) is 74.4 cm³/mol. The smallest absolute Gasteiger partial charge is 0.272 e. The molecule has 2 aromatic heterocycles. The number of ether oxygens (including phenoxy) is 1. The topological polar surface area (TPSA) is 61.1 Å². The minimum atomic E-state index is -0.137. The van der Waals surface area contributed by atoms with Gasteiger partial charge in [-0.3, -0.25) is 4.79 Å². The first-order chi connectivity index (χ1) is 9.74. The molecule has 0 spiro atoms. The average Bonchev–Trinajstić information content (AvgIpc) is 3.09. The third-order valence-electron chi connectivity index (χ3n) is 3.49. The van der Waals surface area contributed by atoms with Crippen LogP contribution in [0.4, 0.5) is 5.69 Å². The quantitative estimate of drug-likeness (QED) is 0.933. The zero-order valence-electron chi connectivity index (χ0n) is 11.5. The minimum absolute atomic E-state index is 0.00978. The molecule has 1 atom stereocenters. The lowest BCUT2D eigenvalue weighted by Gasteiger charge is -2.22. The van der Waals surface area contributed by atoms with Crippen LogP contribution in [0, 0.1) is 0 Å². The normalized spacial score (nSPS) is 18.9. The molecule has 6 nitrogen and oxygen atoms in total. The third kappa shape index (κ3) is 2.60. The van der Waals surface area contributed by atoms with E-state index >= 15 is 0 Å². The molecule has 1 fully saturated rings. The highest BCUT2D eigenvalue weighted by atomic mass is 16.5. The van der Waals surface area contributed by atoms with E-state index in [0.29, 0.717) is 11.4 Å². The molecular weight excluding hydrogens is 256 g/mol. The Bertz CT molecular complexity index is 596. The van der Waals surface area contributed by atoms with Crippen molar-refractivity contribution >= 4 is 11.6 Å². The molecule has 1 amide bonds. The highest BCUT2D eigenvalue weighted by Gasteiger charge is 2.17. The Morgan fingerprint density at radius 1 is 1.50 bits per heavy atom. The fraction of sp³-hybridized carbons (Fsp3) is 0.429. The fourth-order valence-corrected chi connectivity index (χ4v) is 2.38. The highest BCUT2D eigenvalue weighted by Crippen LogP contribution is 2.22. The van der Waals surface area contributed by atoms with E-state index in [-0.39, 0.29) is 12.1 Å². The maximum atomic E-state index is 12.1. The first-order valence-electron chi connectivity index (χ1n) is 6.82. The molecule has 1 saturated heterocycles. The average molecular weight is 274 g/mol. The van der Waals surface area contributed by atoms with Gasteiger partial charge in [-0.2, -0.15) is 5.10 Å². The van der Waals surface area contributed by atoms with Crippen molar-refractivity contribution in [3.63, 3.8) is 0 Å². The number of rotatable bonds is 3. The number of nitrogens with one attached hydrogen (secondary N) is 1. The van der Waals surface area contributed by atoms with Crippen LogP contribution in [0.1, 0.15) is 36.0 Å². The van der Waals surface area contributed by atoms with E-state index in [0.717, 1.165) is 25.9 Å². The molecule has 3 heterocycles. The van der Waals surface area contributed by atoms with Gasteiger partial charge in [-0.15, -0.1) is 0 Å². The molecule has 0 aliphatic carbocycles. The van der Waals surface area contributed by atoms with Crippen LogP contribution < -0.4 is 5.32 Å². The molecule has 1 aliphatic rings. The molecule has 0 radical (unpaired) electrons. The van der Waals surface area contributed by atoms with Crippen molar-refractivity contribution in [2.24, 2.45) is 7.05 Å². The van der Waals surface area contributed by atoms with Crippen molar-refractivity contribution in [1.82, 2.24) is 14.3 Å². The van der Waals surface area contributed by atoms with Crippen LogP contribution in [-0.4, -0.2) is 26.9 Å². The number of aryl methyl sites for hydroxylation is 1. The molecule has 1 unspecified atom stereocenters. The summed E-state index contributed by atoms with van der Waals surface area (Å²) in [5, 5.41) is 7.11. The van der Waals surface area contributed by atoms with Crippen LogP contribution >= 0.6 is 0 Å². The second-order valence-corrected chi connectivity index (χ2v) is 4.99. The fourth-order valence-electron chi connectivity index (χ4n) is 2.38. The summed E-state index contributed by atoms with van der Waals surface area (Å²) in [6.45, 7) is 0.773. The molecule has 0 saturated carbocycles. The van der Waals surface area contributed by atoms with Gasteiger partial charge in [-0.05, 0) is 31.4 Å². The summed E-state index contributed by atoms with van der Waals surface area (Å²) in [6.07, 6.45) is 8.52. The Morgan fingerprint density at radius 3 is 3.10 bits per heavy atom. The maximum absolute atomic E-state index is 12.1. The number of amides is 1. The second-order valence-electron chi connectivity index (χ2n) is 4.99. The van der Waals surface area contributed by atoms with E-state index in [2.05, 4.69) is 10.4 Å². The molecule has 0 bridgehead atoms.